The number of hydrazine groups is 1. The molecule has 0 aliphatic carbocycles. The van der Waals surface area contributed by atoms with Gasteiger partial charge in [0.2, 0.25) is 5.88 Å². The highest BCUT2D eigenvalue weighted by atomic mass is 19.2. The van der Waals surface area contributed by atoms with E-state index >= 15 is 0 Å². The monoisotopic (exact) mass is 305 g/mol. The molecule has 3 rings (SSSR count). The van der Waals surface area contributed by atoms with Crippen LogP contribution in [0, 0.1) is 17.5 Å². The molecule has 1 fully saturated rings. The summed E-state index contributed by atoms with van der Waals surface area (Å²) < 4.78 is 45.0. The maximum atomic E-state index is 13.6. The van der Waals surface area contributed by atoms with Gasteiger partial charge in [0.1, 0.15) is 5.69 Å². The van der Waals surface area contributed by atoms with Crippen LogP contribution >= 0.6 is 0 Å². The Kier molecular flexibility index (Phi) is 3.46. The predicted octanol–water partition coefficient (Wildman–Crippen LogP) is 1.39. The van der Waals surface area contributed by atoms with Crippen LogP contribution in [0.2, 0.25) is 0 Å². The average molecular weight is 305 g/mol. The fourth-order valence-electron chi connectivity index (χ4n) is 1.88. The van der Waals surface area contributed by atoms with Gasteiger partial charge in [-0.1, -0.05) is 24.8 Å². The van der Waals surface area contributed by atoms with E-state index in [9.17, 15) is 13.2 Å². The van der Waals surface area contributed by atoms with Gasteiger partial charge in [0.15, 0.2) is 17.5 Å². The summed E-state index contributed by atoms with van der Waals surface area (Å²) in [6.07, 6.45) is 0. The summed E-state index contributed by atoms with van der Waals surface area (Å²) >= 11 is 0. The van der Waals surface area contributed by atoms with Crippen LogP contribution in [-0.2, 0) is 4.74 Å². The Balaban J connectivity index is 1.97. The largest absolute Gasteiger partial charge is 0.406 e. The number of hydrogen-bond acceptors (Lipinski definition) is 3. The lowest BCUT2D eigenvalue weighted by Crippen LogP contribution is -2.31. The molecule has 1 aliphatic heterocycles. The Morgan fingerprint density at radius 1 is 0.955 bits per heavy atom. The normalized spacial score (nSPS) is 17.9. The number of halogens is 3. The molecule has 1 heterocycles. The van der Waals surface area contributed by atoms with E-state index < -0.39 is 17.5 Å². The Hall–Kier alpha value is -2.96. The van der Waals surface area contributed by atoms with Crippen LogP contribution in [-0.4, -0.2) is 6.02 Å². The third-order valence-corrected chi connectivity index (χ3v) is 2.98. The summed E-state index contributed by atoms with van der Waals surface area (Å²) in [5.41, 5.74) is 4.90. The Bertz CT molecular complexity index is 880. The molecule has 0 bridgehead atoms. The van der Waals surface area contributed by atoms with Gasteiger partial charge in [-0.25, -0.2) is 13.2 Å². The molecule has 0 unspecified atom stereocenters. The first-order valence-corrected chi connectivity index (χ1v) is 6.26. The molecule has 2 N–H and O–H groups in total. The Morgan fingerprint density at radius 3 is 2.50 bits per heavy atom. The van der Waals surface area contributed by atoms with Crippen molar-refractivity contribution in [2.45, 2.75) is 0 Å². The van der Waals surface area contributed by atoms with Gasteiger partial charge in [0.25, 0.3) is 0 Å². The Labute approximate surface area is 123 Å². The lowest BCUT2D eigenvalue weighted by Gasteiger charge is -2.00. The molecule has 0 saturated carbocycles. The van der Waals surface area contributed by atoms with Crippen molar-refractivity contribution in [1.82, 2.24) is 10.9 Å². The standard InChI is InChI=1S/C15H10F3N3O/c1-8-4-2-3-5-9(8)14-20-21-15(22-14)19-11-7-6-10(16)12(17)13(11)18/h2-7,20H,1H2,(H,19,21). The van der Waals surface area contributed by atoms with Crippen molar-refractivity contribution in [1.29, 1.82) is 0 Å². The van der Waals surface area contributed by atoms with E-state index in [0.29, 0.717) is 16.3 Å². The predicted molar refractivity (Wildman–Crippen MR) is 75.4 cm³/mol. The van der Waals surface area contributed by atoms with Crippen molar-refractivity contribution in [3.8, 4) is 0 Å². The summed E-state index contributed by atoms with van der Waals surface area (Å²) in [5.74, 6) is -3.92. The van der Waals surface area contributed by atoms with Gasteiger partial charge in [0.05, 0.1) is 0 Å². The second-order valence-electron chi connectivity index (χ2n) is 4.45. The van der Waals surface area contributed by atoms with Crippen molar-refractivity contribution in [3.63, 3.8) is 0 Å². The van der Waals surface area contributed by atoms with Crippen LogP contribution in [0.3, 0.4) is 0 Å². The summed E-state index contributed by atoms with van der Waals surface area (Å²) in [6.45, 7) is 3.85. The molecular formula is C15H10F3N3O. The summed E-state index contributed by atoms with van der Waals surface area (Å²) in [5, 5.41) is 1.40. The van der Waals surface area contributed by atoms with E-state index in [2.05, 4.69) is 22.4 Å². The number of benzene rings is 2. The molecule has 1 aliphatic rings. The second-order valence-corrected chi connectivity index (χ2v) is 4.45. The lowest BCUT2D eigenvalue weighted by molar-refractivity contribution is 0.448. The van der Waals surface area contributed by atoms with Crippen LogP contribution in [0.15, 0.2) is 41.4 Å². The van der Waals surface area contributed by atoms with E-state index in [1.807, 2.05) is 6.07 Å². The van der Waals surface area contributed by atoms with Crippen LogP contribution in [0.4, 0.5) is 18.9 Å². The zero-order chi connectivity index (χ0) is 15.7. The van der Waals surface area contributed by atoms with E-state index in [0.717, 1.165) is 12.1 Å². The highest BCUT2D eigenvalue weighted by molar-refractivity contribution is 5.83. The van der Waals surface area contributed by atoms with Gasteiger partial charge < -0.3 is 4.74 Å². The first-order chi connectivity index (χ1) is 10.6. The van der Waals surface area contributed by atoms with Crippen LogP contribution in [0.1, 0.15) is 0 Å². The molecule has 0 aromatic heterocycles. The minimum Gasteiger partial charge on any atom is -0.406 e. The molecule has 0 atom stereocenters. The van der Waals surface area contributed by atoms with Crippen molar-refractivity contribution < 1.29 is 17.9 Å². The zero-order valence-corrected chi connectivity index (χ0v) is 11.2. The van der Waals surface area contributed by atoms with E-state index in [4.69, 9.17) is 4.74 Å². The van der Waals surface area contributed by atoms with Gasteiger partial charge in [-0.2, -0.15) is 4.99 Å². The number of amidine groups is 1. The first kappa shape index (κ1) is 14.0. The molecule has 1 saturated heterocycles. The van der Waals surface area contributed by atoms with Crippen molar-refractivity contribution in [3.05, 3.63) is 64.3 Å². The van der Waals surface area contributed by atoms with Gasteiger partial charge >= 0.3 is 6.02 Å². The molecule has 112 valence electrons. The minimum atomic E-state index is -1.58. The molecule has 7 heteroatoms. The van der Waals surface area contributed by atoms with Crippen molar-refractivity contribution in [2.75, 3.05) is 0 Å². The highest BCUT2D eigenvalue weighted by Gasteiger charge is 2.18. The third-order valence-electron chi connectivity index (χ3n) is 2.98. The van der Waals surface area contributed by atoms with Gasteiger partial charge in [-0.15, -0.1) is 0 Å². The van der Waals surface area contributed by atoms with Gasteiger partial charge in [-0.3, -0.25) is 10.9 Å². The van der Waals surface area contributed by atoms with E-state index in [1.54, 1.807) is 18.2 Å². The fraction of sp³-hybridized carbons (Fsp3) is 0. The fourth-order valence-corrected chi connectivity index (χ4v) is 1.88. The van der Waals surface area contributed by atoms with Crippen LogP contribution in [0.25, 0.3) is 12.5 Å². The smallest absolute Gasteiger partial charge is 0.316 e. The number of aliphatic imine (C=N–C) groups is 1. The van der Waals surface area contributed by atoms with Crippen molar-refractivity contribution >= 4 is 24.2 Å². The molecule has 0 amide bonds. The summed E-state index contributed by atoms with van der Waals surface area (Å²) in [4.78, 5) is 3.76. The molecule has 22 heavy (non-hydrogen) atoms. The SMILES string of the molecule is C=c1ccccc1=C1NNC(=Nc2ccc(F)c(F)c2F)O1. The lowest BCUT2D eigenvalue weighted by atomic mass is 10.2. The number of ether oxygens (including phenoxy) is 1. The van der Waals surface area contributed by atoms with Gasteiger partial charge in [0, 0.05) is 5.22 Å². The third kappa shape index (κ3) is 2.48. The first-order valence-electron chi connectivity index (χ1n) is 6.26. The second kappa shape index (κ2) is 5.44. The Morgan fingerprint density at radius 2 is 1.73 bits per heavy atom. The molecule has 2 aromatic carbocycles. The van der Waals surface area contributed by atoms with Crippen molar-refractivity contribution in [2.24, 2.45) is 4.99 Å². The van der Waals surface area contributed by atoms with Crippen LogP contribution < -0.4 is 21.3 Å². The average Bonchev–Trinajstić information content (AvgIpc) is 2.97. The zero-order valence-electron chi connectivity index (χ0n) is 11.2. The number of rotatable bonds is 1. The maximum Gasteiger partial charge on any atom is 0.316 e. The maximum absolute atomic E-state index is 13.6. The molecular weight excluding hydrogens is 295 g/mol. The van der Waals surface area contributed by atoms with E-state index in [-0.39, 0.29) is 11.7 Å². The topological polar surface area (TPSA) is 45.7 Å². The number of nitrogens with zero attached hydrogens (tertiary/aromatic N) is 1. The van der Waals surface area contributed by atoms with Gasteiger partial charge in [-0.05, 0) is 23.4 Å². The minimum absolute atomic E-state index is 0.0943. The summed E-state index contributed by atoms with van der Waals surface area (Å²) in [6, 6.07) is 8.88. The number of nitrogens with one attached hydrogen (secondary N) is 2. The highest BCUT2D eigenvalue weighted by Crippen LogP contribution is 2.22. The molecule has 2 aromatic rings. The number of hydrogen-bond donors (Lipinski definition) is 2. The molecule has 0 spiro atoms. The molecule has 0 radical (unpaired) electrons. The quantitative estimate of drug-likeness (QED) is 0.783. The summed E-state index contributed by atoms with van der Waals surface area (Å²) in [7, 11) is 0. The molecule has 4 nitrogen and oxygen atoms in total. The van der Waals surface area contributed by atoms with Crippen LogP contribution in [0.5, 0.6) is 0 Å². The van der Waals surface area contributed by atoms with E-state index in [1.165, 1.54) is 0 Å².